The standard InChI is InChI=1S/C15H20F2N2O3/c1-11(20)19(7-3-9-22-2)8-6-15(21)18-12-4-5-13(16)14(17)10-12/h4-5,10H,3,6-9H2,1-2H3,(H,18,21). The average Bonchev–Trinajstić information content (AvgIpc) is 2.46. The van der Waals surface area contributed by atoms with Gasteiger partial charge in [0.25, 0.3) is 0 Å². The summed E-state index contributed by atoms with van der Waals surface area (Å²) in [6, 6.07) is 3.13. The van der Waals surface area contributed by atoms with Crippen molar-refractivity contribution in [1.29, 1.82) is 0 Å². The Kier molecular flexibility index (Phi) is 7.45. The van der Waals surface area contributed by atoms with Crippen molar-refractivity contribution in [1.82, 2.24) is 4.90 Å². The molecule has 0 unspecified atom stereocenters. The molecular weight excluding hydrogens is 294 g/mol. The van der Waals surface area contributed by atoms with Crippen molar-refractivity contribution < 1.29 is 23.1 Å². The molecule has 0 heterocycles. The molecule has 1 N–H and O–H groups in total. The highest BCUT2D eigenvalue weighted by molar-refractivity contribution is 5.91. The molecule has 1 aromatic carbocycles. The summed E-state index contributed by atoms with van der Waals surface area (Å²) in [7, 11) is 1.58. The minimum atomic E-state index is -1.03. The third kappa shape index (κ3) is 6.17. The van der Waals surface area contributed by atoms with E-state index in [9.17, 15) is 18.4 Å². The van der Waals surface area contributed by atoms with Gasteiger partial charge >= 0.3 is 0 Å². The molecule has 1 aromatic rings. The number of amides is 2. The molecule has 122 valence electrons. The highest BCUT2D eigenvalue weighted by atomic mass is 19.2. The summed E-state index contributed by atoms with van der Waals surface area (Å²) >= 11 is 0. The van der Waals surface area contributed by atoms with Crippen LogP contribution in [0, 0.1) is 11.6 Å². The molecule has 0 radical (unpaired) electrons. The van der Waals surface area contributed by atoms with Crippen LogP contribution in [0.2, 0.25) is 0 Å². The van der Waals surface area contributed by atoms with E-state index in [1.807, 2.05) is 0 Å². The van der Waals surface area contributed by atoms with Crippen LogP contribution >= 0.6 is 0 Å². The summed E-state index contributed by atoms with van der Waals surface area (Å²) in [5, 5.41) is 2.46. The van der Waals surface area contributed by atoms with Gasteiger partial charge in [0, 0.05) is 51.9 Å². The Morgan fingerprint density at radius 2 is 1.95 bits per heavy atom. The average molecular weight is 314 g/mol. The van der Waals surface area contributed by atoms with Crippen molar-refractivity contribution in [2.45, 2.75) is 19.8 Å². The van der Waals surface area contributed by atoms with Gasteiger partial charge in [-0.2, -0.15) is 0 Å². The van der Waals surface area contributed by atoms with Crippen molar-refractivity contribution in [2.75, 3.05) is 32.1 Å². The number of halogens is 2. The van der Waals surface area contributed by atoms with Crippen LogP contribution < -0.4 is 5.32 Å². The molecular formula is C15H20F2N2O3. The van der Waals surface area contributed by atoms with Crippen LogP contribution in [0.25, 0.3) is 0 Å². The topological polar surface area (TPSA) is 58.6 Å². The minimum Gasteiger partial charge on any atom is -0.385 e. The van der Waals surface area contributed by atoms with E-state index in [1.165, 1.54) is 13.0 Å². The van der Waals surface area contributed by atoms with Crippen LogP contribution in [0.4, 0.5) is 14.5 Å². The maximum atomic E-state index is 13.0. The molecule has 0 aliphatic heterocycles. The van der Waals surface area contributed by atoms with E-state index < -0.39 is 11.6 Å². The van der Waals surface area contributed by atoms with Crippen molar-refractivity contribution in [2.24, 2.45) is 0 Å². The maximum Gasteiger partial charge on any atom is 0.226 e. The highest BCUT2D eigenvalue weighted by Crippen LogP contribution is 2.13. The van der Waals surface area contributed by atoms with E-state index in [2.05, 4.69) is 5.32 Å². The maximum absolute atomic E-state index is 13.0. The lowest BCUT2D eigenvalue weighted by molar-refractivity contribution is -0.129. The zero-order valence-electron chi connectivity index (χ0n) is 12.7. The fourth-order valence-electron chi connectivity index (χ4n) is 1.86. The van der Waals surface area contributed by atoms with Gasteiger partial charge in [-0.3, -0.25) is 9.59 Å². The first-order valence-electron chi connectivity index (χ1n) is 6.93. The van der Waals surface area contributed by atoms with Gasteiger partial charge in [-0.25, -0.2) is 8.78 Å². The van der Waals surface area contributed by atoms with E-state index in [4.69, 9.17) is 4.74 Å². The quantitative estimate of drug-likeness (QED) is 0.748. The molecule has 5 nitrogen and oxygen atoms in total. The number of methoxy groups -OCH3 is 1. The predicted octanol–water partition coefficient (Wildman–Crippen LogP) is 2.18. The molecule has 7 heteroatoms. The number of ether oxygens (including phenoxy) is 1. The van der Waals surface area contributed by atoms with Gasteiger partial charge in [0.2, 0.25) is 11.8 Å². The van der Waals surface area contributed by atoms with Crippen LogP contribution in [-0.4, -0.2) is 43.5 Å². The zero-order valence-corrected chi connectivity index (χ0v) is 12.7. The Balaban J connectivity index is 2.45. The lowest BCUT2D eigenvalue weighted by atomic mass is 10.2. The van der Waals surface area contributed by atoms with Crippen molar-refractivity contribution in [3.05, 3.63) is 29.8 Å². The molecule has 1 rings (SSSR count). The first-order valence-corrected chi connectivity index (χ1v) is 6.93. The van der Waals surface area contributed by atoms with Crippen molar-refractivity contribution >= 4 is 17.5 Å². The largest absolute Gasteiger partial charge is 0.385 e. The van der Waals surface area contributed by atoms with E-state index in [0.29, 0.717) is 19.6 Å². The van der Waals surface area contributed by atoms with E-state index in [0.717, 1.165) is 12.1 Å². The Bertz CT molecular complexity index is 524. The molecule has 0 saturated heterocycles. The summed E-state index contributed by atoms with van der Waals surface area (Å²) < 4.78 is 30.7. The smallest absolute Gasteiger partial charge is 0.226 e. The molecule has 0 aliphatic carbocycles. The van der Waals surface area contributed by atoms with Crippen LogP contribution in [0.1, 0.15) is 19.8 Å². The second-order valence-corrected chi connectivity index (χ2v) is 4.78. The van der Waals surface area contributed by atoms with Gasteiger partial charge in [0.05, 0.1) is 0 Å². The number of rotatable bonds is 8. The second kappa shape index (κ2) is 9.09. The van der Waals surface area contributed by atoms with Crippen LogP contribution in [-0.2, 0) is 14.3 Å². The molecule has 22 heavy (non-hydrogen) atoms. The number of hydrogen-bond acceptors (Lipinski definition) is 3. The summed E-state index contributed by atoms with van der Waals surface area (Å²) in [5.41, 5.74) is 0.178. The SMILES string of the molecule is COCCCN(CCC(=O)Nc1ccc(F)c(F)c1)C(C)=O. The lowest BCUT2D eigenvalue weighted by Gasteiger charge is -2.20. The van der Waals surface area contributed by atoms with E-state index in [1.54, 1.807) is 12.0 Å². The van der Waals surface area contributed by atoms with Gasteiger partial charge in [0.15, 0.2) is 11.6 Å². The Hall–Kier alpha value is -2.02. The Morgan fingerprint density at radius 1 is 1.23 bits per heavy atom. The number of carbonyl (C=O) groups is 2. The minimum absolute atomic E-state index is 0.0750. The number of nitrogens with one attached hydrogen (secondary N) is 1. The van der Waals surface area contributed by atoms with Crippen LogP contribution in [0.15, 0.2) is 18.2 Å². The van der Waals surface area contributed by atoms with Gasteiger partial charge in [0.1, 0.15) is 0 Å². The monoisotopic (exact) mass is 314 g/mol. The van der Waals surface area contributed by atoms with Crippen molar-refractivity contribution in [3.63, 3.8) is 0 Å². The molecule has 0 fully saturated rings. The third-order valence-corrected chi connectivity index (χ3v) is 3.03. The van der Waals surface area contributed by atoms with Crippen LogP contribution in [0.5, 0.6) is 0 Å². The molecule has 0 spiro atoms. The number of benzene rings is 1. The highest BCUT2D eigenvalue weighted by Gasteiger charge is 2.11. The summed E-state index contributed by atoms with van der Waals surface area (Å²) in [6.07, 6.45) is 0.756. The van der Waals surface area contributed by atoms with Gasteiger partial charge < -0.3 is 15.0 Å². The number of anilines is 1. The zero-order chi connectivity index (χ0) is 16.5. The van der Waals surface area contributed by atoms with Gasteiger partial charge in [-0.1, -0.05) is 0 Å². The molecule has 0 aliphatic rings. The van der Waals surface area contributed by atoms with Gasteiger partial charge in [-0.15, -0.1) is 0 Å². The molecule has 0 saturated carbocycles. The lowest BCUT2D eigenvalue weighted by Crippen LogP contribution is -2.33. The first-order chi connectivity index (χ1) is 10.4. The predicted molar refractivity (Wildman–Crippen MR) is 78.4 cm³/mol. The molecule has 0 aromatic heterocycles. The van der Waals surface area contributed by atoms with E-state index in [-0.39, 0.29) is 30.5 Å². The first kappa shape index (κ1) is 18.0. The molecule has 0 atom stereocenters. The summed E-state index contributed by atoms with van der Waals surface area (Å²) in [5.74, 6) is -2.50. The summed E-state index contributed by atoms with van der Waals surface area (Å²) in [4.78, 5) is 24.8. The Labute approximate surface area is 128 Å². The third-order valence-electron chi connectivity index (χ3n) is 3.03. The number of carbonyl (C=O) groups excluding carboxylic acids is 2. The normalized spacial score (nSPS) is 10.4. The van der Waals surface area contributed by atoms with Crippen molar-refractivity contribution in [3.8, 4) is 0 Å². The Morgan fingerprint density at radius 3 is 2.55 bits per heavy atom. The van der Waals surface area contributed by atoms with E-state index >= 15 is 0 Å². The fourth-order valence-corrected chi connectivity index (χ4v) is 1.86. The number of nitrogens with zero attached hydrogens (tertiary/aromatic N) is 1. The number of hydrogen-bond donors (Lipinski definition) is 1. The fraction of sp³-hybridized carbons (Fsp3) is 0.467. The second-order valence-electron chi connectivity index (χ2n) is 4.78. The summed E-state index contributed by atoms with van der Waals surface area (Å²) in [6.45, 7) is 2.72. The van der Waals surface area contributed by atoms with Gasteiger partial charge in [-0.05, 0) is 18.6 Å². The molecule has 0 bridgehead atoms. The molecule has 2 amide bonds. The van der Waals surface area contributed by atoms with Crippen LogP contribution in [0.3, 0.4) is 0 Å².